The van der Waals surface area contributed by atoms with Crippen LogP contribution in [0.5, 0.6) is 0 Å². The van der Waals surface area contributed by atoms with E-state index in [4.69, 9.17) is 0 Å². The molecule has 2 amide bonds. The largest absolute Gasteiger partial charge is 0.342 e. The topological polar surface area (TPSA) is 49.4 Å². The Hall–Kier alpha value is -0.710. The molecule has 1 saturated carbocycles. The predicted molar refractivity (Wildman–Crippen MR) is 73.5 cm³/mol. The quantitative estimate of drug-likeness (QED) is 0.825. The highest BCUT2D eigenvalue weighted by atomic mass is 32.2. The van der Waals surface area contributed by atoms with Crippen LogP contribution in [0.1, 0.15) is 39.5 Å². The maximum Gasteiger partial charge on any atom is 0.248 e. The maximum absolute atomic E-state index is 12.5. The molecule has 18 heavy (non-hydrogen) atoms. The van der Waals surface area contributed by atoms with E-state index in [9.17, 15) is 9.59 Å². The van der Waals surface area contributed by atoms with Gasteiger partial charge in [0, 0.05) is 24.3 Å². The Bertz CT molecular complexity index is 357. The summed E-state index contributed by atoms with van der Waals surface area (Å²) in [6.07, 6.45) is 5.87. The van der Waals surface area contributed by atoms with Gasteiger partial charge in [0.05, 0.1) is 0 Å². The predicted octanol–water partition coefficient (Wildman–Crippen LogP) is 1.40. The van der Waals surface area contributed by atoms with Crippen LogP contribution < -0.4 is 5.32 Å². The van der Waals surface area contributed by atoms with Crippen molar-refractivity contribution in [1.82, 2.24) is 10.2 Å². The highest BCUT2D eigenvalue weighted by Crippen LogP contribution is 2.33. The Morgan fingerprint density at radius 1 is 1.33 bits per heavy atom. The van der Waals surface area contributed by atoms with Crippen LogP contribution in [-0.4, -0.2) is 46.3 Å². The number of carbonyl (C=O) groups is 2. The number of thioether (sulfide) groups is 1. The Morgan fingerprint density at radius 3 is 2.67 bits per heavy atom. The highest BCUT2D eigenvalue weighted by Gasteiger charge is 2.41. The first kappa shape index (κ1) is 13.7. The summed E-state index contributed by atoms with van der Waals surface area (Å²) < 4.78 is 0. The van der Waals surface area contributed by atoms with Crippen LogP contribution in [0.15, 0.2) is 0 Å². The molecular weight excluding hydrogens is 248 g/mol. The number of hydrogen-bond donors (Lipinski definition) is 1. The van der Waals surface area contributed by atoms with Crippen molar-refractivity contribution in [3.8, 4) is 0 Å². The zero-order valence-corrected chi connectivity index (χ0v) is 12.2. The van der Waals surface area contributed by atoms with Crippen LogP contribution in [0, 0.1) is 0 Å². The summed E-state index contributed by atoms with van der Waals surface area (Å²) >= 11 is 1.89. The van der Waals surface area contributed by atoms with Crippen LogP contribution in [0.4, 0.5) is 0 Å². The summed E-state index contributed by atoms with van der Waals surface area (Å²) in [7, 11) is 0. The third-order valence-corrected chi connectivity index (χ3v) is 5.05. The molecule has 2 atom stereocenters. The van der Waals surface area contributed by atoms with Gasteiger partial charge in [-0.3, -0.25) is 9.59 Å². The second-order valence-electron chi connectivity index (χ2n) is 5.75. The zero-order valence-electron chi connectivity index (χ0n) is 11.4. The monoisotopic (exact) mass is 270 g/mol. The van der Waals surface area contributed by atoms with Crippen molar-refractivity contribution in [2.24, 2.45) is 0 Å². The van der Waals surface area contributed by atoms with E-state index in [1.807, 2.05) is 16.7 Å². The molecule has 0 bridgehead atoms. The van der Waals surface area contributed by atoms with E-state index < -0.39 is 5.54 Å². The van der Waals surface area contributed by atoms with E-state index >= 15 is 0 Å². The first-order valence-electron chi connectivity index (χ1n) is 6.59. The highest BCUT2D eigenvalue weighted by molar-refractivity contribution is 7.99. The summed E-state index contributed by atoms with van der Waals surface area (Å²) in [5, 5.41) is 3.48. The SMILES string of the molecule is CSC1CCC(N2CCC(=O)NC(C)(C)C2=O)C1. The number of nitrogens with zero attached hydrogens (tertiary/aromatic N) is 1. The molecule has 1 saturated heterocycles. The molecule has 4 nitrogen and oxygen atoms in total. The molecule has 0 aromatic heterocycles. The summed E-state index contributed by atoms with van der Waals surface area (Å²) in [5.41, 5.74) is -0.759. The average molecular weight is 270 g/mol. The molecular formula is C13H22N2O2S. The lowest BCUT2D eigenvalue weighted by Crippen LogP contribution is -2.54. The number of nitrogens with one attached hydrogen (secondary N) is 1. The number of rotatable bonds is 2. The van der Waals surface area contributed by atoms with Gasteiger partial charge in [0.1, 0.15) is 5.54 Å². The van der Waals surface area contributed by atoms with E-state index in [2.05, 4.69) is 11.6 Å². The fraction of sp³-hybridized carbons (Fsp3) is 0.846. The van der Waals surface area contributed by atoms with E-state index in [1.165, 1.54) is 6.42 Å². The minimum absolute atomic E-state index is 0.0183. The van der Waals surface area contributed by atoms with Gasteiger partial charge in [-0.1, -0.05) is 0 Å². The Morgan fingerprint density at radius 2 is 2.06 bits per heavy atom. The van der Waals surface area contributed by atoms with Gasteiger partial charge in [-0.05, 0) is 39.4 Å². The van der Waals surface area contributed by atoms with Gasteiger partial charge in [0.2, 0.25) is 11.8 Å². The van der Waals surface area contributed by atoms with E-state index in [0.29, 0.717) is 24.3 Å². The standard InChI is InChI=1S/C13H22N2O2S/c1-13(2)12(17)15(7-6-11(16)14-13)9-4-5-10(8-9)18-3/h9-10H,4-8H2,1-3H3,(H,14,16). The summed E-state index contributed by atoms with van der Waals surface area (Å²) in [6, 6.07) is 0.321. The molecule has 2 fully saturated rings. The molecule has 1 heterocycles. The molecule has 0 spiro atoms. The van der Waals surface area contributed by atoms with Gasteiger partial charge in [0.25, 0.3) is 0 Å². The fourth-order valence-electron chi connectivity index (χ4n) is 2.91. The first-order chi connectivity index (χ1) is 8.44. The molecule has 2 unspecified atom stereocenters. The fourth-order valence-corrected chi connectivity index (χ4v) is 3.70. The lowest BCUT2D eigenvalue weighted by Gasteiger charge is -2.33. The average Bonchev–Trinajstić information content (AvgIpc) is 2.73. The van der Waals surface area contributed by atoms with Gasteiger partial charge in [-0.25, -0.2) is 0 Å². The summed E-state index contributed by atoms with van der Waals surface area (Å²) in [4.78, 5) is 26.1. The Labute approximate surface area is 113 Å². The number of amides is 2. The molecule has 1 aliphatic heterocycles. The van der Waals surface area contributed by atoms with Crippen molar-refractivity contribution in [1.29, 1.82) is 0 Å². The third-order valence-electron chi connectivity index (χ3n) is 3.96. The van der Waals surface area contributed by atoms with Gasteiger partial charge >= 0.3 is 0 Å². The van der Waals surface area contributed by atoms with Gasteiger partial charge in [-0.2, -0.15) is 11.8 Å². The Balaban J connectivity index is 2.12. The van der Waals surface area contributed by atoms with Gasteiger partial charge < -0.3 is 10.2 Å². The first-order valence-corrected chi connectivity index (χ1v) is 7.87. The van der Waals surface area contributed by atoms with E-state index in [1.54, 1.807) is 13.8 Å². The second-order valence-corrected chi connectivity index (χ2v) is 6.88. The van der Waals surface area contributed by atoms with E-state index in [-0.39, 0.29) is 11.8 Å². The molecule has 5 heteroatoms. The molecule has 1 N–H and O–H groups in total. The number of hydrogen-bond acceptors (Lipinski definition) is 3. The van der Waals surface area contributed by atoms with Crippen molar-refractivity contribution in [3.05, 3.63) is 0 Å². The molecule has 102 valence electrons. The van der Waals surface area contributed by atoms with Crippen molar-refractivity contribution < 1.29 is 9.59 Å². The van der Waals surface area contributed by atoms with Crippen LogP contribution in [0.3, 0.4) is 0 Å². The summed E-state index contributed by atoms with van der Waals surface area (Å²) in [6.45, 7) is 4.17. The lowest BCUT2D eigenvalue weighted by molar-refractivity contribution is -0.139. The van der Waals surface area contributed by atoms with E-state index in [0.717, 1.165) is 12.8 Å². The minimum atomic E-state index is -0.759. The summed E-state index contributed by atoms with van der Waals surface area (Å²) in [5.74, 6) is 0.0513. The van der Waals surface area contributed by atoms with Crippen molar-refractivity contribution >= 4 is 23.6 Å². The molecule has 2 rings (SSSR count). The van der Waals surface area contributed by atoms with Crippen molar-refractivity contribution in [2.75, 3.05) is 12.8 Å². The van der Waals surface area contributed by atoms with Crippen LogP contribution in [0.2, 0.25) is 0 Å². The minimum Gasteiger partial charge on any atom is -0.342 e. The normalized spacial score (nSPS) is 32.3. The van der Waals surface area contributed by atoms with Crippen LogP contribution >= 0.6 is 11.8 Å². The van der Waals surface area contributed by atoms with Crippen LogP contribution in [-0.2, 0) is 9.59 Å². The molecule has 0 aromatic carbocycles. The van der Waals surface area contributed by atoms with Gasteiger partial charge in [-0.15, -0.1) is 0 Å². The maximum atomic E-state index is 12.5. The third kappa shape index (κ3) is 2.66. The van der Waals surface area contributed by atoms with Gasteiger partial charge in [0.15, 0.2) is 0 Å². The second kappa shape index (κ2) is 5.11. The molecule has 0 aromatic rings. The van der Waals surface area contributed by atoms with Crippen molar-refractivity contribution in [2.45, 2.75) is 56.4 Å². The molecule has 1 aliphatic carbocycles. The molecule has 2 aliphatic rings. The van der Waals surface area contributed by atoms with Crippen LogP contribution in [0.25, 0.3) is 0 Å². The number of carbonyl (C=O) groups excluding carboxylic acids is 2. The smallest absolute Gasteiger partial charge is 0.248 e. The zero-order chi connectivity index (χ0) is 13.3. The van der Waals surface area contributed by atoms with Crippen molar-refractivity contribution in [3.63, 3.8) is 0 Å². The lowest BCUT2D eigenvalue weighted by atomic mass is 10.0. The Kier molecular flexibility index (Phi) is 3.90. The molecule has 0 radical (unpaired) electrons.